The third kappa shape index (κ3) is 3.66. The molecule has 0 radical (unpaired) electrons. The van der Waals surface area contributed by atoms with Crippen LogP contribution in [0.4, 0.5) is 0 Å². The lowest BCUT2D eigenvalue weighted by Crippen LogP contribution is -2.54. The van der Waals surface area contributed by atoms with E-state index in [-0.39, 0.29) is 13.2 Å². The van der Waals surface area contributed by atoms with Crippen molar-refractivity contribution < 1.29 is 29.2 Å². The second kappa shape index (κ2) is 7.84. The van der Waals surface area contributed by atoms with Gasteiger partial charge in [-0.2, -0.15) is 0 Å². The molecule has 138 valence electrons. The van der Waals surface area contributed by atoms with E-state index >= 15 is 0 Å². The van der Waals surface area contributed by atoms with E-state index < -0.39 is 37.0 Å². The molecule has 2 aromatic rings. The first-order valence-corrected chi connectivity index (χ1v) is 8.72. The molecule has 4 rings (SSSR count). The molecule has 0 aliphatic carbocycles. The molecule has 26 heavy (non-hydrogen) atoms. The zero-order valence-corrected chi connectivity index (χ0v) is 14.2. The fourth-order valence-electron chi connectivity index (χ4n) is 3.24. The molecule has 0 aromatic heterocycles. The molecule has 6 heteroatoms. The average molecular weight is 358 g/mol. The highest BCUT2D eigenvalue weighted by molar-refractivity contribution is 5.17. The van der Waals surface area contributed by atoms with Crippen molar-refractivity contribution in [1.82, 2.24) is 0 Å². The number of rotatable bonds is 2. The summed E-state index contributed by atoms with van der Waals surface area (Å²) in [5.74, 6) is 0. The number of ether oxygens (including phenoxy) is 4. The zero-order chi connectivity index (χ0) is 17.9. The number of aliphatic hydroxyl groups is 2. The summed E-state index contributed by atoms with van der Waals surface area (Å²) in [6.07, 6.45) is -4.80. The van der Waals surface area contributed by atoms with Crippen molar-refractivity contribution in [3.8, 4) is 0 Å². The molecule has 0 spiro atoms. The van der Waals surface area contributed by atoms with E-state index in [1.165, 1.54) is 0 Å². The zero-order valence-electron chi connectivity index (χ0n) is 14.2. The van der Waals surface area contributed by atoms with Crippen molar-refractivity contribution in [2.45, 2.75) is 37.0 Å². The summed E-state index contributed by atoms with van der Waals surface area (Å²) in [7, 11) is 0. The second-order valence-corrected chi connectivity index (χ2v) is 6.49. The molecule has 2 bridgehead atoms. The van der Waals surface area contributed by atoms with Gasteiger partial charge in [0.05, 0.1) is 13.2 Å². The molecule has 6 atom stereocenters. The van der Waals surface area contributed by atoms with Gasteiger partial charge in [-0.15, -0.1) is 0 Å². The Morgan fingerprint density at radius 3 is 1.92 bits per heavy atom. The fourth-order valence-corrected chi connectivity index (χ4v) is 3.24. The lowest BCUT2D eigenvalue weighted by atomic mass is 10.0. The highest BCUT2D eigenvalue weighted by Crippen LogP contribution is 2.34. The minimum Gasteiger partial charge on any atom is -0.388 e. The first kappa shape index (κ1) is 17.6. The number of hydrogen-bond acceptors (Lipinski definition) is 6. The number of fused-ring (bicyclic) bond motifs is 2. The SMILES string of the molecule is O[C@H]1[C@@H]2OC(c3ccccc3)O[C@H]1COC(c1ccccc1)OC[C@H]2O. The fraction of sp³-hybridized carbons (Fsp3) is 0.400. The van der Waals surface area contributed by atoms with Gasteiger partial charge in [-0.3, -0.25) is 0 Å². The molecular weight excluding hydrogens is 336 g/mol. The first-order chi connectivity index (χ1) is 12.7. The minimum absolute atomic E-state index is 0.0183. The maximum atomic E-state index is 10.6. The van der Waals surface area contributed by atoms with Crippen molar-refractivity contribution in [3.63, 3.8) is 0 Å². The minimum atomic E-state index is -1.01. The average Bonchev–Trinajstić information content (AvgIpc) is 2.72. The quantitative estimate of drug-likeness (QED) is 0.854. The van der Waals surface area contributed by atoms with Crippen LogP contribution in [0.1, 0.15) is 23.7 Å². The van der Waals surface area contributed by atoms with Gasteiger partial charge in [0.25, 0.3) is 0 Å². The Balaban J connectivity index is 1.56. The van der Waals surface area contributed by atoms with Crippen LogP contribution >= 0.6 is 0 Å². The Bertz CT molecular complexity index is 694. The highest BCUT2D eigenvalue weighted by Gasteiger charge is 2.44. The van der Waals surface area contributed by atoms with Gasteiger partial charge in [0.15, 0.2) is 12.6 Å². The maximum absolute atomic E-state index is 10.6. The smallest absolute Gasteiger partial charge is 0.184 e. The number of benzene rings is 2. The van der Waals surface area contributed by atoms with Gasteiger partial charge in [-0.05, 0) is 0 Å². The molecule has 2 aliphatic heterocycles. The van der Waals surface area contributed by atoms with Gasteiger partial charge in [-0.25, -0.2) is 0 Å². The van der Waals surface area contributed by atoms with Crippen LogP contribution in [0.2, 0.25) is 0 Å². The molecule has 2 N–H and O–H groups in total. The van der Waals surface area contributed by atoms with Crippen LogP contribution in [0.3, 0.4) is 0 Å². The van der Waals surface area contributed by atoms with Crippen LogP contribution in [-0.2, 0) is 18.9 Å². The van der Waals surface area contributed by atoms with E-state index in [0.29, 0.717) is 0 Å². The summed E-state index contributed by atoms with van der Waals surface area (Å²) in [5.41, 5.74) is 1.66. The molecule has 2 fully saturated rings. The van der Waals surface area contributed by atoms with Crippen LogP contribution in [0.5, 0.6) is 0 Å². The van der Waals surface area contributed by atoms with Crippen LogP contribution in [0, 0.1) is 0 Å². The maximum Gasteiger partial charge on any atom is 0.184 e. The first-order valence-electron chi connectivity index (χ1n) is 8.72. The third-order valence-electron chi connectivity index (χ3n) is 4.65. The molecular formula is C20H22O6. The predicted octanol–water partition coefficient (Wildman–Crippen LogP) is 1.94. The Kier molecular flexibility index (Phi) is 5.31. The number of aliphatic hydroxyl groups excluding tert-OH is 2. The molecule has 2 unspecified atom stereocenters. The molecule has 2 heterocycles. The van der Waals surface area contributed by atoms with Crippen molar-refractivity contribution in [2.75, 3.05) is 13.2 Å². The van der Waals surface area contributed by atoms with Crippen LogP contribution in [0.15, 0.2) is 60.7 Å². The van der Waals surface area contributed by atoms with E-state index in [1.54, 1.807) is 0 Å². The van der Waals surface area contributed by atoms with Crippen molar-refractivity contribution in [1.29, 1.82) is 0 Å². The van der Waals surface area contributed by atoms with Crippen molar-refractivity contribution >= 4 is 0 Å². The van der Waals surface area contributed by atoms with Gasteiger partial charge in [0.1, 0.15) is 24.4 Å². The molecule has 0 saturated carbocycles. The van der Waals surface area contributed by atoms with Gasteiger partial charge >= 0.3 is 0 Å². The van der Waals surface area contributed by atoms with E-state index in [4.69, 9.17) is 18.9 Å². The van der Waals surface area contributed by atoms with E-state index in [0.717, 1.165) is 11.1 Å². The largest absolute Gasteiger partial charge is 0.388 e. The predicted molar refractivity (Wildman–Crippen MR) is 92.0 cm³/mol. The normalized spacial score (nSPS) is 35.2. The summed E-state index contributed by atoms with van der Waals surface area (Å²) in [6.45, 7) is 0.103. The van der Waals surface area contributed by atoms with Crippen LogP contribution in [0.25, 0.3) is 0 Å². The molecule has 0 amide bonds. The van der Waals surface area contributed by atoms with Crippen LogP contribution in [-0.4, -0.2) is 47.8 Å². The summed E-state index contributed by atoms with van der Waals surface area (Å²) in [6, 6.07) is 18.9. The molecule has 2 aromatic carbocycles. The topological polar surface area (TPSA) is 77.4 Å². The Morgan fingerprint density at radius 1 is 0.692 bits per heavy atom. The van der Waals surface area contributed by atoms with Gasteiger partial charge in [0, 0.05) is 11.1 Å². The lowest BCUT2D eigenvalue weighted by molar-refractivity contribution is -0.308. The van der Waals surface area contributed by atoms with Gasteiger partial charge in [0.2, 0.25) is 0 Å². The van der Waals surface area contributed by atoms with Crippen LogP contribution < -0.4 is 0 Å². The van der Waals surface area contributed by atoms with E-state index in [2.05, 4.69) is 0 Å². The summed E-state index contributed by atoms with van der Waals surface area (Å²) >= 11 is 0. The Labute approximate surface area is 151 Å². The Morgan fingerprint density at radius 2 is 1.27 bits per heavy atom. The van der Waals surface area contributed by atoms with E-state index in [9.17, 15) is 10.2 Å². The summed E-state index contributed by atoms with van der Waals surface area (Å²) in [4.78, 5) is 0. The summed E-state index contributed by atoms with van der Waals surface area (Å²) in [5, 5.41) is 21.1. The van der Waals surface area contributed by atoms with Crippen molar-refractivity contribution in [3.05, 3.63) is 71.8 Å². The van der Waals surface area contributed by atoms with Crippen molar-refractivity contribution in [2.24, 2.45) is 0 Å². The van der Waals surface area contributed by atoms with Gasteiger partial charge < -0.3 is 29.2 Å². The monoisotopic (exact) mass is 358 g/mol. The number of hydrogen-bond donors (Lipinski definition) is 2. The molecule has 6 nitrogen and oxygen atoms in total. The lowest BCUT2D eigenvalue weighted by Gasteiger charge is -2.40. The molecule has 2 saturated heterocycles. The third-order valence-corrected chi connectivity index (χ3v) is 4.65. The Hall–Kier alpha value is -1.80. The second-order valence-electron chi connectivity index (χ2n) is 6.49. The highest BCUT2D eigenvalue weighted by atomic mass is 16.7. The summed E-state index contributed by atoms with van der Waals surface area (Å²) < 4.78 is 23.4. The molecule has 2 aliphatic rings. The van der Waals surface area contributed by atoms with Gasteiger partial charge in [-0.1, -0.05) is 60.7 Å². The standard InChI is InChI=1S/C20H22O6/c21-15-11-23-19(13-7-3-1-4-8-13)24-12-16-17(22)18(15)26-20(25-16)14-9-5-2-6-10-14/h1-10,15-22H,11-12H2/t15-,16+,17-,18-,19?,20?/m1/s1. The van der Waals surface area contributed by atoms with E-state index in [1.807, 2.05) is 60.7 Å².